The highest BCUT2D eigenvalue weighted by Crippen LogP contribution is 2.38. The van der Waals surface area contributed by atoms with Crippen LogP contribution in [0.2, 0.25) is 0 Å². The summed E-state index contributed by atoms with van der Waals surface area (Å²) in [4.78, 5) is 32.4. The molecule has 4 rings (SSSR count). The molecule has 1 heterocycles. The fraction of sp³-hybridized carbons (Fsp3) is 0.100. The third-order valence-electron chi connectivity index (χ3n) is 4.47. The number of carbonyl (C=O) groups excluding carboxylic acids is 2. The lowest BCUT2D eigenvalue weighted by Gasteiger charge is -2.28. The predicted molar refractivity (Wildman–Crippen MR) is 105 cm³/mol. The van der Waals surface area contributed by atoms with Crippen LogP contribution in [0.5, 0.6) is 0 Å². The van der Waals surface area contributed by atoms with Crippen LogP contribution in [-0.4, -0.2) is 18.9 Å². The zero-order valence-electron chi connectivity index (χ0n) is 14.2. The number of anilines is 2. The Morgan fingerprint density at radius 1 is 1.00 bits per heavy atom. The average molecular weight is 411 g/mol. The summed E-state index contributed by atoms with van der Waals surface area (Å²) in [5.41, 5.74) is 5.85. The quantitative estimate of drug-likeness (QED) is 0.502. The zero-order valence-corrected chi connectivity index (χ0v) is 15.8. The maximum Gasteiger partial charge on any atom is 0.265 e. The highest BCUT2D eigenvalue weighted by molar-refractivity contribution is 9.10. The number of amides is 2. The second-order valence-corrected chi connectivity index (χ2v) is 6.88. The second kappa shape index (κ2) is 6.23. The Morgan fingerprint density at radius 3 is 2.50 bits per heavy atom. The number of imide groups is 1. The van der Waals surface area contributed by atoms with Crippen LogP contribution in [-0.2, 0) is 4.84 Å². The largest absolute Gasteiger partial charge is 0.279 e. The Kier molecular flexibility index (Phi) is 4.01. The van der Waals surface area contributed by atoms with E-state index in [4.69, 9.17) is 4.84 Å². The molecule has 1 N–H and O–H groups in total. The number of hydrogen-bond acceptors (Lipinski definition) is 4. The Morgan fingerprint density at radius 2 is 1.73 bits per heavy atom. The van der Waals surface area contributed by atoms with E-state index in [0.717, 1.165) is 15.4 Å². The van der Waals surface area contributed by atoms with Gasteiger partial charge in [-0.25, -0.2) is 4.90 Å². The summed E-state index contributed by atoms with van der Waals surface area (Å²) in [6.07, 6.45) is 0. The average Bonchev–Trinajstić information content (AvgIpc) is 2.64. The van der Waals surface area contributed by atoms with Crippen LogP contribution in [0, 0.1) is 6.92 Å². The molecule has 0 unspecified atom stereocenters. The minimum Gasteiger partial charge on any atom is -0.279 e. The van der Waals surface area contributed by atoms with E-state index in [-0.39, 0.29) is 11.8 Å². The molecule has 2 amide bonds. The molecule has 0 aromatic heterocycles. The molecule has 0 aliphatic carbocycles. The molecule has 0 radical (unpaired) electrons. The summed E-state index contributed by atoms with van der Waals surface area (Å²) in [6, 6.07) is 14.3. The number of hydrogen-bond donors (Lipinski definition) is 1. The first-order valence-corrected chi connectivity index (χ1v) is 8.82. The van der Waals surface area contributed by atoms with Crippen molar-refractivity contribution in [2.45, 2.75) is 6.92 Å². The maximum absolute atomic E-state index is 13.2. The van der Waals surface area contributed by atoms with Crippen molar-refractivity contribution in [3.63, 3.8) is 0 Å². The molecule has 3 aromatic rings. The van der Waals surface area contributed by atoms with Crippen molar-refractivity contribution in [2.24, 2.45) is 0 Å². The van der Waals surface area contributed by atoms with Crippen LogP contribution in [0.15, 0.2) is 53.0 Å². The van der Waals surface area contributed by atoms with Crippen molar-refractivity contribution in [3.8, 4) is 0 Å². The van der Waals surface area contributed by atoms with Crippen LogP contribution < -0.4 is 10.4 Å². The van der Waals surface area contributed by atoms with E-state index in [2.05, 4.69) is 21.4 Å². The molecule has 1 aliphatic rings. The van der Waals surface area contributed by atoms with E-state index in [0.29, 0.717) is 27.9 Å². The number of rotatable bonds is 3. The molecule has 130 valence electrons. The van der Waals surface area contributed by atoms with E-state index in [1.165, 1.54) is 12.0 Å². The number of carbonyl (C=O) groups is 2. The first-order valence-electron chi connectivity index (χ1n) is 8.02. The Bertz CT molecular complexity index is 1080. The van der Waals surface area contributed by atoms with Crippen molar-refractivity contribution in [2.75, 3.05) is 17.5 Å². The summed E-state index contributed by atoms with van der Waals surface area (Å²) >= 11 is 3.57. The number of halogens is 1. The topological polar surface area (TPSA) is 58.6 Å². The molecule has 0 atom stereocenters. The van der Waals surface area contributed by atoms with E-state index >= 15 is 0 Å². The molecular weight excluding hydrogens is 396 g/mol. The van der Waals surface area contributed by atoms with E-state index < -0.39 is 0 Å². The molecule has 26 heavy (non-hydrogen) atoms. The van der Waals surface area contributed by atoms with Gasteiger partial charge >= 0.3 is 0 Å². The monoisotopic (exact) mass is 410 g/mol. The third kappa shape index (κ3) is 2.41. The van der Waals surface area contributed by atoms with Gasteiger partial charge in [0.15, 0.2) is 0 Å². The Hall–Kier alpha value is -2.70. The van der Waals surface area contributed by atoms with Gasteiger partial charge < -0.3 is 0 Å². The second-order valence-electron chi connectivity index (χ2n) is 6.09. The lowest BCUT2D eigenvalue weighted by atomic mass is 9.92. The molecule has 1 aliphatic heterocycles. The third-order valence-corrected chi connectivity index (χ3v) is 5.52. The lowest BCUT2D eigenvalue weighted by molar-refractivity contribution is 0.0893. The molecule has 0 saturated carbocycles. The van der Waals surface area contributed by atoms with Crippen LogP contribution in [0.25, 0.3) is 10.8 Å². The first-order chi connectivity index (χ1) is 12.5. The van der Waals surface area contributed by atoms with Gasteiger partial charge in [0, 0.05) is 21.0 Å². The van der Waals surface area contributed by atoms with Gasteiger partial charge in [-0.05, 0) is 64.1 Å². The van der Waals surface area contributed by atoms with Crippen molar-refractivity contribution < 1.29 is 14.4 Å². The van der Waals surface area contributed by atoms with Crippen LogP contribution in [0.4, 0.5) is 11.4 Å². The number of nitrogens with zero attached hydrogens (tertiary/aromatic N) is 1. The van der Waals surface area contributed by atoms with E-state index in [9.17, 15) is 9.59 Å². The maximum atomic E-state index is 13.2. The summed E-state index contributed by atoms with van der Waals surface area (Å²) in [6.45, 7) is 1.93. The molecule has 0 spiro atoms. The van der Waals surface area contributed by atoms with Gasteiger partial charge in [-0.2, -0.15) is 0 Å². The molecular formula is C20H15BrN2O3. The van der Waals surface area contributed by atoms with Gasteiger partial charge in [0.2, 0.25) is 0 Å². The Labute approximate surface area is 158 Å². The van der Waals surface area contributed by atoms with Gasteiger partial charge in [-0.1, -0.05) is 18.2 Å². The molecule has 5 nitrogen and oxygen atoms in total. The highest BCUT2D eigenvalue weighted by atomic mass is 79.9. The summed E-state index contributed by atoms with van der Waals surface area (Å²) in [7, 11) is 1.50. The van der Waals surface area contributed by atoms with Gasteiger partial charge in [-0.3, -0.25) is 19.9 Å². The normalized spacial score (nSPS) is 13.4. The van der Waals surface area contributed by atoms with Crippen LogP contribution in [0.1, 0.15) is 26.3 Å². The Balaban J connectivity index is 1.94. The van der Waals surface area contributed by atoms with Crippen molar-refractivity contribution in [1.82, 2.24) is 0 Å². The first kappa shape index (κ1) is 16.8. The van der Waals surface area contributed by atoms with Gasteiger partial charge in [0.1, 0.15) is 0 Å². The summed E-state index contributed by atoms with van der Waals surface area (Å²) in [5.74, 6) is -0.665. The standard InChI is InChI=1S/C20H15BrN2O3/c1-11-9-16-17-14(18(11)21)7-4-8-15(17)19(24)23(20(16)25)13-6-3-5-12(10-13)22-26-2/h3-10,22H,1-2H3. The molecule has 0 saturated heterocycles. The molecule has 6 heteroatoms. The zero-order chi connectivity index (χ0) is 18.4. The molecule has 0 fully saturated rings. The van der Waals surface area contributed by atoms with E-state index in [1.54, 1.807) is 30.3 Å². The van der Waals surface area contributed by atoms with Crippen molar-refractivity contribution in [3.05, 3.63) is 69.7 Å². The SMILES string of the molecule is CONc1cccc(N2C(=O)c3cccc4c(Br)c(C)cc(c34)C2=O)c1. The fourth-order valence-electron chi connectivity index (χ4n) is 3.33. The molecule has 3 aromatic carbocycles. The fourth-order valence-corrected chi connectivity index (χ4v) is 3.78. The number of benzene rings is 3. The summed E-state index contributed by atoms with van der Waals surface area (Å²) < 4.78 is 0.901. The van der Waals surface area contributed by atoms with Crippen LogP contribution in [0.3, 0.4) is 0 Å². The van der Waals surface area contributed by atoms with Crippen molar-refractivity contribution >= 4 is 49.9 Å². The smallest absolute Gasteiger partial charge is 0.265 e. The van der Waals surface area contributed by atoms with Gasteiger partial charge in [-0.15, -0.1) is 0 Å². The van der Waals surface area contributed by atoms with Gasteiger partial charge in [0.05, 0.1) is 18.5 Å². The molecule has 0 bridgehead atoms. The number of nitrogens with one attached hydrogen (secondary N) is 1. The predicted octanol–water partition coefficient (Wildman–Crippen LogP) is 4.68. The lowest BCUT2D eigenvalue weighted by Crippen LogP contribution is -2.40. The highest BCUT2D eigenvalue weighted by Gasteiger charge is 2.34. The summed E-state index contributed by atoms with van der Waals surface area (Å²) in [5, 5.41) is 1.57. The number of aryl methyl sites for hydroxylation is 1. The van der Waals surface area contributed by atoms with Crippen molar-refractivity contribution in [1.29, 1.82) is 0 Å². The minimum absolute atomic E-state index is 0.330. The van der Waals surface area contributed by atoms with Crippen LogP contribution >= 0.6 is 15.9 Å². The van der Waals surface area contributed by atoms with E-state index in [1.807, 2.05) is 25.1 Å². The minimum atomic E-state index is -0.335. The van der Waals surface area contributed by atoms with Gasteiger partial charge in [0.25, 0.3) is 11.8 Å².